The van der Waals surface area contributed by atoms with E-state index >= 15 is 0 Å². The van der Waals surface area contributed by atoms with Gasteiger partial charge in [0.2, 0.25) is 0 Å². The molecule has 0 amide bonds. The molecule has 1 unspecified atom stereocenters. The zero-order valence-electron chi connectivity index (χ0n) is 19.9. The van der Waals surface area contributed by atoms with Gasteiger partial charge in [-0.25, -0.2) is 0 Å². The van der Waals surface area contributed by atoms with Crippen LogP contribution in [0.15, 0.2) is 66.2 Å². The van der Waals surface area contributed by atoms with Crippen molar-refractivity contribution in [3.63, 3.8) is 0 Å². The summed E-state index contributed by atoms with van der Waals surface area (Å²) >= 11 is 0. The Balaban J connectivity index is 0.00000128. The normalized spacial score (nSPS) is 14.1. The minimum Gasteiger partial charge on any atom is -1.00 e. The molecule has 1 atom stereocenters. The third-order valence-electron chi connectivity index (χ3n) is 7.42. The Morgan fingerprint density at radius 2 is 1.30 bits per heavy atom. The van der Waals surface area contributed by atoms with Crippen molar-refractivity contribution < 1.29 is 51.0 Å². The molecule has 0 fully saturated rings. The van der Waals surface area contributed by atoms with Gasteiger partial charge in [-0.05, 0) is 45.4 Å². The average molecular weight is 552 g/mol. The van der Waals surface area contributed by atoms with Gasteiger partial charge in [0.25, 0.3) is 0 Å². The van der Waals surface area contributed by atoms with Gasteiger partial charge in [0, 0.05) is 0 Å². The molecule has 0 spiro atoms. The van der Waals surface area contributed by atoms with Gasteiger partial charge in [-0.3, -0.25) is 0 Å². The van der Waals surface area contributed by atoms with Crippen molar-refractivity contribution in [3.05, 3.63) is 105 Å². The number of halogens is 2. The fourth-order valence-electron chi connectivity index (χ4n) is 5.49. The number of benzene rings is 3. The van der Waals surface area contributed by atoms with Crippen molar-refractivity contribution in [1.82, 2.24) is 0 Å². The maximum atomic E-state index is 2.48. The Bertz CT molecular complexity index is 1300. The van der Waals surface area contributed by atoms with E-state index in [1.54, 1.807) is 0 Å². The first kappa shape index (κ1) is 27.7. The Morgan fingerprint density at radius 1 is 0.727 bits per heavy atom. The van der Waals surface area contributed by atoms with Crippen molar-refractivity contribution in [2.75, 3.05) is 0 Å². The molecule has 4 aromatic carbocycles. The molecule has 167 valence electrons. The maximum Gasteiger partial charge on any atom is 3.00 e. The number of fused-ring (bicyclic) bond motifs is 2. The van der Waals surface area contributed by atoms with Crippen molar-refractivity contribution in [1.29, 1.82) is 0 Å². The molecule has 1 radical (unpaired) electrons. The Morgan fingerprint density at radius 3 is 1.97 bits per heavy atom. The number of hydrogen-bond donors (Lipinski definition) is 0. The molecule has 0 saturated carbocycles. The summed E-state index contributed by atoms with van der Waals surface area (Å²) in [6, 6.07) is 22.3. The van der Waals surface area contributed by atoms with E-state index in [1.165, 1.54) is 66.4 Å². The molecule has 0 nitrogen and oxygen atoms in total. The molecular weight excluding hydrogens is 522 g/mol. The summed E-state index contributed by atoms with van der Waals surface area (Å²) in [5.74, 6) is 0.382. The van der Waals surface area contributed by atoms with Crippen LogP contribution in [-0.2, 0) is 26.2 Å². The van der Waals surface area contributed by atoms with Crippen LogP contribution in [0.3, 0.4) is 0 Å². The predicted molar refractivity (Wildman–Crippen MR) is 130 cm³/mol. The summed E-state index contributed by atoms with van der Waals surface area (Å²) in [5, 5.41) is 2.63. The van der Waals surface area contributed by atoms with Crippen LogP contribution >= 0.6 is 0 Å². The van der Waals surface area contributed by atoms with Gasteiger partial charge >= 0.3 is 26.2 Å². The van der Waals surface area contributed by atoms with Crippen LogP contribution < -0.4 is 24.8 Å². The molecule has 1 aliphatic rings. The standard InChI is InChI=1S/C30H29.2ClH.Zr/c1-6-22-17-28-26(25-14-9-12-23-11-7-8-13-24(23)25)15-10-16-27(28)30(22)29-20(4)18(2)19(3)21(29)5;;;/h7-17,30H,6H2,1-5H3;2*1H;/q-1;;;+3/p-2. The zero-order valence-corrected chi connectivity index (χ0v) is 23.9. The number of rotatable bonds is 3. The molecule has 0 N–H and O–H groups in total. The first-order valence-electron chi connectivity index (χ1n) is 11.1. The van der Waals surface area contributed by atoms with Crippen LogP contribution in [0.1, 0.15) is 58.2 Å². The first-order valence-corrected chi connectivity index (χ1v) is 11.1. The van der Waals surface area contributed by atoms with E-state index in [1.807, 2.05) is 0 Å². The van der Waals surface area contributed by atoms with Crippen LogP contribution in [0, 0.1) is 27.7 Å². The van der Waals surface area contributed by atoms with E-state index in [4.69, 9.17) is 0 Å². The average Bonchev–Trinajstić information content (AvgIpc) is 3.23. The molecule has 4 aromatic rings. The molecule has 33 heavy (non-hydrogen) atoms. The van der Waals surface area contributed by atoms with Gasteiger partial charge < -0.3 is 24.8 Å². The van der Waals surface area contributed by atoms with Gasteiger partial charge in [0.05, 0.1) is 0 Å². The smallest absolute Gasteiger partial charge is 1.00 e. The maximum absolute atomic E-state index is 2.48. The summed E-state index contributed by atoms with van der Waals surface area (Å²) in [6.07, 6.45) is 3.56. The van der Waals surface area contributed by atoms with Crippen LogP contribution in [0.25, 0.3) is 28.0 Å². The molecule has 0 bridgehead atoms. The quantitative estimate of drug-likeness (QED) is 0.343. The van der Waals surface area contributed by atoms with E-state index in [-0.39, 0.29) is 51.0 Å². The first-order chi connectivity index (χ1) is 14.5. The molecule has 3 heteroatoms. The van der Waals surface area contributed by atoms with Gasteiger partial charge in [0.15, 0.2) is 0 Å². The third-order valence-corrected chi connectivity index (χ3v) is 7.42. The van der Waals surface area contributed by atoms with Gasteiger partial charge in [0.1, 0.15) is 0 Å². The Labute approximate surface area is 229 Å². The van der Waals surface area contributed by atoms with Crippen molar-refractivity contribution in [2.24, 2.45) is 0 Å². The third kappa shape index (κ3) is 4.34. The second kappa shape index (κ2) is 10.8. The molecule has 0 aromatic heterocycles. The fraction of sp³-hybridized carbons (Fsp3) is 0.233. The molecule has 0 aliphatic heterocycles. The van der Waals surface area contributed by atoms with E-state index in [2.05, 4.69) is 101 Å². The van der Waals surface area contributed by atoms with Crippen molar-refractivity contribution >= 4 is 16.8 Å². The zero-order chi connectivity index (χ0) is 21.0. The SMILES string of the molecule is CCC1=Cc2c(-c3cccc4ccccc34)cccc2C1[c-]1c(C)c(C)c(C)c1C.[Cl-].[Cl-].[Zr+3]. The Hall–Kier alpha value is -1.53. The summed E-state index contributed by atoms with van der Waals surface area (Å²) in [7, 11) is 0. The van der Waals surface area contributed by atoms with Crippen LogP contribution in [0.5, 0.6) is 0 Å². The predicted octanol–water partition coefficient (Wildman–Crippen LogP) is 2.40. The van der Waals surface area contributed by atoms with Crippen LogP contribution in [0.4, 0.5) is 0 Å². The van der Waals surface area contributed by atoms with Crippen molar-refractivity contribution in [3.8, 4) is 11.1 Å². The minimum absolute atomic E-state index is 0. The van der Waals surface area contributed by atoms with Gasteiger partial charge in [-0.15, -0.1) is 5.56 Å². The summed E-state index contributed by atoms with van der Waals surface area (Å²) in [6.45, 7) is 11.5. The van der Waals surface area contributed by atoms with Gasteiger partial charge in [-0.2, -0.15) is 22.3 Å². The Kier molecular flexibility index (Phi) is 9.08. The number of allylic oxidation sites excluding steroid dienone is 1. The van der Waals surface area contributed by atoms with Crippen LogP contribution in [0.2, 0.25) is 0 Å². The van der Waals surface area contributed by atoms with E-state index in [0.29, 0.717) is 5.92 Å². The topological polar surface area (TPSA) is 0 Å². The van der Waals surface area contributed by atoms with Crippen molar-refractivity contribution in [2.45, 2.75) is 47.0 Å². The molecule has 0 saturated heterocycles. The second-order valence-corrected chi connectivity index (χ2v) is 8.75. The molecule has 1 aliphatic carbocycles. The molecule has 0 heterocycles. The van der Waals surface area contributed by atoms with Gasteiger partial charge in [-0.1, -0.05) is 107 Å². The van der Waals surface area contributed by atoms with E-state index < -0.39 is 0 Å². The van der Waals surface area contributed by atoms with E-state index in [0.717, 1.165) is 6.42 Å². The largest absolute Gasteiger partial charge is 3.00 e. The van der Waals surface area contributed by atoms with E-state index in [9.17, 15) is 0 Å². The number of hydrogen-bond acceptors (Lipinski definition) is 0. The molecule has 5 rings (SSSR count). The molecular formula is C30H29Cl2Zr. The summed E-state index contributed by atoms with van der Waals surface area (Å²) < 4.78 is 0. The monoisotopic (exact) mass is 549 g/mol. The summed E-state index contributed by atoms with van der Waals surface area (Å²) in [5.41, 5.74) is 14.5. The fourth-order valence-corrected chi connectivity index (χ4v) is 5.49. The summed E-state index contributed by atoms with van der Waals surface area (Å²) in [4.78, 5) is 0. The van der Waals surface area contributed by atoms with Crippen LogP contribution in [-0.4, -0.2) is 0 Å². The minimum atomic E-state index is 0. The second-order valence-electron chi connectivity index (χ2n) is 8.75.